The molecule has 11 heteroatoms. The van der Waals surface area contributed by atoms with Gasteiger partial charge in [-0.2, -0.15) is 20.3 Å². The number of carbonyl (C=O) groups excluding carboxylic acids is 1. The Morgan fingerprint density at radius 3 is 2.56 bits per heavy atom. The van der Waals surface area contributed by atoms with Crippen LogP contribution in [-0.4, -0.2) is 79.0 Å². The van der Waals surface area contributed by atoms with Crippen LogP contribution < -0.4 is 5.32 Å². The Bertz CT molecular complexity index is 732. The molecule has 3 aliphatic rings. The van der Waals surface area contributed by atoms with Crippen molar-refractivity contribution in [1.29, 1.82) is 0 Å². The Morgan fingerprint density at radius 1 is 1.44 bits per heavy atom. The normalized spacial score (nSPS) is 32.1. The maximum absolute atomic E-state index is 14.6. The van der Waals surface area contributed by atoms with E-state index < -0.39 is 53.2 Å². The molecular formula is C14H16AlFIN3O5. The number of likely N-dealkylation sites (tertiary alicyclic amines) is 1. The maximum Gasteiger partial charge on any atom is 0.481 e. The van der Waals surface area contributed by atoms with E-state index in [-0.39, 0.29) is 24.5 Å². The molecule has 3 rings (SSSR count). The molecule has 0 aliphatic carbocycles. The topological polar surface area (TPSA) is 113 Å². The fourth-order valence-electron chi connectivity index (χ4n) is 3.18. The highest BCUT2D eigenvalue weighted by Gasteiger charge is 2.48. The number of rotatable bonds is 3. The number of Topliss-reactive ketones (excluding diaryl/α,β-unsaturated/α-hetero) is 1. The summed E-state index contributed by atoms with van der Waals surface area (Å²) < 4.78 is 16.4. The molecule has 3 heterocycles. The molecule has 3 aliphatic heterocycles. The van der Waals surface area contributed by atoms with E-state index in [1.54, 1.807) is 10.8 Å². The first-order chi connectivity index (χ1) is 11.7. The van der Waals surface area contributed by atoms with Gasteiger partial charge in [0.2, 0.25) is 5.78 Å². The van der Waals surface area contributed by atoms with E-state index in [9.17, 15) is 29.3 Å². The van der Waals surface area contributed by atoms with E-state index in [1.807, 2.05) is 0 Å². The van der Waals surface area contributed by atoms with Gasteiger partial charge in [0.25, 0.3) is 0 Å². The molecule has 0 saturated carbocycles. The minimum absolute atomic E-state index is 0.0260. The molecule has 4 N–H and O–H groups in total. The first-order valence-electron chi connectivity index (χ1n) is 7.52. The van der Waals surface area contributed by atoms with Gasteiger partial charge in [0, 0.05) is 18.7 Å². The molecule has 0 radical (unpaired) electrons. The molecule has 0 aromatic heterocycles. The number of carboxylic acids is 1. The molecule has 8 nitrogen and oxygen atoms in total. The zero-order chi connectivity index (χ0) is 18.5. The lowest BCUT2D eigenvalue weighted by Gasteiger charge is -2.49. The van der Waals surface area contributed by atoms with Gasteiger partial charge in [0.1, 0.15) is 17.1 Å². The minimum atomic E-state index is -1.35. The number of nitrogens with one attached hydrogen (secondary N) is 1. The van der Waals surface area contributed by atoms with Gasteiger partial charge in [-0.3, -0.25) is 4.79 Å². The number of hydrogen-bond acceptors (Lipinski definition) is 7. The number of aliphatic hydroxyl groups is 2. The minimum Gasteiger partial charge on any atom is -0.477 e. The van der Waals surface area contributed by atoms with Crippen LogP contribution in [0.15, 0.2) is 35.1 Å². The number of ketones is 1. The Balaban J connectivity index is 2.04. The standard InChI is InChI=1S/C14H16FN3O5.Al.HI.H/c1-14-7(11(21)6(3-16-14)13(22)23)2-8(15)12(17-14)18-4-9(19)10(20)5-18;;;/h2-3,9-10,19-20H,4-5H2,1H3,(H3,16,17,21,22,23);;1H;/q;+2;;/p-2/t9-,10-,14?;;;/m1.../s1. The van der Waals surface area contributed by atoms with Crippen molar-refractivity contribution in [3.63, 3.8) is 0 Å². The summed E-state index contributed by atoms with van der Waals surface area (Å²) in [6.45, 7) is 1.80. The predicted molar refractivity (Wildman–Crippen MR) is 95.1 cm³/mol. The highest BCUT2D eigenvalue weighted by atomic mass is 127. The number of carbonyl (C=O) groups is 2. The average Bonchev–Trinajstić information content (AvgIpc) is 2.87. The number of β-amino-alcohol motifs (C(OH)–C–C–N with tert-alkyl or cyclic N) is 2. The van der Waals surface area contributed by atoms with Crippen LogP contribution in [0.1, 0.15) is 6.92 Å². The monoisotopic (exact) mass is 479 g/mol. The molecule has 1 fully saturated rings. The average molecular weight is 479 g/mol. The van der Waals surface area contributed by atoms with Crippen LogP contribution in [0.2, 0.25) is 0 Å². The zero-order valence-corrected chi connectivity index (χ0v) is 16.8. The summed E-state index contributed by atoms with van der Waals surface area (Å²) in [4.78, 5) is 25.3. The number of aliphatic carboxylic acids is 1. The van der Waals surface area contributed by atoms with Crippen molar-refractivity contribution in [3.05, 3.63) is 35.1 Å². The molecule has 134 valence electrons. The molecule has 1 saturated heterocycles. The van der Waals surface area contributed by atoms with E-state index in [0.29, 0.717) is 0 Å². The first-order valence-corrected chi connectivity index (χ1v) is 13.3. The van der Waals surface area contributed by atoms with Gasteiger partial charge in [0.05, 0.1) is 12.2 Å². The van der Waals surface area contributed by atoms with Gasteiger partial charge < -0.3 is 29.4 Å². The SMILES string of the molecule is CC12NC(N3C[C@@H](O)[C@H](O)C3)=C(F)C=C1C(=O)C(C(=O)O)=C[N]2[AlH][I]. The summed E-state index contributed by atoms with van der Waals surface area (Å²) in [5, 5.41) is 31.6. The van der Waals surface area contributed by atoms with Crippen molar-refractivity contribution in [2.24, 2.45) is 0 Å². The molecule has 0 aromatic carbocycles. The number of halogens is 2. The van der Waals surface area contributed by atoms with Gasteiger partial charge >= 0.3 is 18.1 Å². The van der Waals surface area contributed by atoms with Crippen LogP contribution in [0, 0.1) is 0 Å². The maximum atomic E-state index is 14.6. The van der Waals surface area contributed by atoms with E-state index >= 15 is 0 Å². The number of allylic oxidation sites excluding steroid dienone is 2. The van der Waals surface area contributed by atoms with Crippen molar-refractivity contribution in [3.8, 4) is 0 Å². The Kier molecular flexibility index (Phi) is 4.89. The quantitative estimate of drug-likeness (QED) is 0.231. The summed E-state index contributed by atoms with van der Waals surface area (Å²) in [6.07, 6.45) is 0.389. The third-order valence-corrected chi connectivity index (χ3v) is 7.94. The summed E-state index contributed by atoms with van der Waals surface area (Å²) in [5.74, 6) is -2.74. The van der Waals surface area contributed by atoms with E-state index in [2.05, 4.69) is 25.6 Å². The zero-order valence-electron chi connectivity index (χ0n) is 13.2. The van der Waals surface area contributed by atoms with Gasteiger partial charge in [-0.15, -0.1) is 0 Å². The van der Waals surface area contributed by atoms with Crippen molar-refractivity contribution in [2.45, 2.75) is 24.8 Å². The highest BCUT2D eigenvalue weighted by Crippen LogP contribution is 2.37. The van der Waals surface area contributed by atoms with Crippen molar-refractivity contribution < 1.29 is 29.3 Å². The number of dihydropyridines is 1. The number of aliphatic hydroxyl groups excluding tert-OH is 2. The van der Waals surface area contributed by atoms with E-state index in [4.69, 9.17) is 0 Å². The van der Waals surface area contributed by atoms with Gasteiger partial charge in [-0.1, -0.05) is 0 Å². The van der Waals surface area contributed by atoms with E-state index in [0.717, 1.165) is 6.08 Å². The molecular weight excluding hydrogens is 463 g/mol. The molecule has 25 heavy (non-hydrogen) atoms. The Labute approximate surface area is 160 Å². The van der Waals surface area contributed by atoms with Gasteiger partial charge in [-0.05, 0) is 19.2 Å². The predicted octanol–water partition coefficient (Wildman–Crippen LogP) is -1.04. The highest BCUT2D eigenvalue weighted by molar-refractivity contribution is 14.1. The summed E-state index contributed by atoms with van der Waals surface area (Å²) in [5.41, 5.74) is -1.44. The summed E-state index contributed by atoms with van der Waals surface area (Å²) in [6, 6.07) is 0. The lowest BCUT2D eigenvalue weighted by Crippen LogP contribution is -2.62. The summed E-state index contributed by atoms with van der Waals surface area (Å²) in [7, 11) is 0. The van der Waals surface area contributed by atoms with Crippen molar-refractivity contribution in [2.75, 3.05) is 13.1 Å². The second-order valence-electron chi connectivity index (χ2n) is 6.26. The van der Waals surface area contributed by atoms with Crippen LogP contribution in [-0.2, 0) is 9.59 Å². The smallest absolute Gasteiger partial charge is 0.477 e. The Hall–Kier alpha value is -1.13. The molecule has 0 bridgehead atoms. The van der Waals surface area contributed by atoms with Crippen LogP contribution >= 0.6 is 20.3 Å². The number of fused-ring (bicyclic) bond motifs is 1. The third kappa shape index (κ3) is 2.98. The largest absolute Gasteiger partial charge is 0.481 e. The second-order valence-corrected chi connectivity index (χ2v) is 9.23. The summed E-state index contributed by atoms with van der Waals surface area (Å²) >= 11 is 1.18. The number of carboxylic acid groups (broad SMARTS) is 1. The van der Waals surface area contributed by atoms with Gasteiger partial charge in [-0.25, -0.2) is 9.18 Å². The number of nitrogens with zero attached hydrogens (tertiary/aromatic N) is 2. The van der Waals surface area contributed by atoms with Crippen molar-refractivity contribution >= 4 is 44.2 Å². The van der Waals surface area contributed by atoms with Crippen LogP contribution in [0.4, 0.5) is 4.39 Å². The second kappa shape index (κ2) is 6.55. The molecule has 3 atom stereocenters. The molecule has 0 amide bonds. The third-order valence-electron chi connectivity index (χ3n) is 4.67. The molecule has 0 aromatic rings. The molecule has 1 unspecified atom stereocenters. The van der Waals surface area contributed by atoms with Crippen LogP contribution in [0.25, 0.3) is 0 Å². The van der Waals surface area contributed by atoms with Crippen LogP contribution in [0.5, 0.6) is 0 Å². The first kappa shape index (κ1) is 18.7. The van der Waals surface area contributed by atoms with E-state index in [1.165, 1.54) is 11.1 Å². The van der Waals surface area contributed by atoms with Crippen LogP contribution in [0.3, 0.4) is 0 Å². The lowest BCUT2D eigenvalue weighted by atomic mass is 9.87. The van der Waals surface area contributed by atoms with Gasteiger partial charge in [0.15, 0.2) is 5.83 Å². The fraction of sp³-hybridized carbons (Fsp3) is 0.429. The molecule has 0 spiro atoms. The number of hydrogen-bond donors (Lipinski definition) is 4. The fourth-order valence-corrected chi connectivity index (χ4v) is 6.56. The van der Waals surface area contributed by atoms with Crippen molar-refractivity contribution in [1.82, 2.24) is 14.1 Å². The lowest BCUT2D eigenvalue weighted by molar-refractivity contribution is -0.134. The Morgan fingerprint density at radius 2 is 2.04 bits per heavy atom.